The Morgan fingerprint density at radius 2 is 2.29 bits per heavy atom. The van der Waals surface area contributed by atoms with Crippen LogP contribution in [0.15, 0.2) is 22.7 Å². The zero-order valence-corrected chi connectivity index (χ0v) is 8.25. The number of fused-ring (bicyclic) bond motifs is 1. The molecule has 2 aromatic rings. The minimum Gasteiger partial charge on any atom is -0.356 e. The van der Waals surface area contributed by atoms with Crippen molar-refractivity contribution in [3.8, 4) is 0 Å². The van der Waals surface area contributed by atoms with Gasteiger partial charge in [0, 0.05) is 11.3 Å². The van der Waals surface area contributed by atoms with E-state index < -0.39 is 0 Å². The molecule has 0 saturated heterocycles. The number of hydrogen-bond donors (Lipinski definition) is 0. The van der Waals surface area contributed by atoms with E-state index in [1.807, 2.05) is 0 Å². The first-order valence-electron chi connectivity index (χ1n) is 4.77. The first kappa shape index (κ1) is 9.19. The van der Waals surface area contributed by atoms with Crippen LogP contribution in [0.1, 0.15) is 31.9 Å². The van der Waals surface area contributed by atoms with Gasteiger partial charge in [0.2, 0.25) is 0 Å². The molecular formula is C11H12FNO. The van der Waals surface area contributed by atoms with E-state index in [4.69, 9.17) is 4.52 Å². The molecule has 0 fully saturated rings. The molecule has 0 aliphatic carbocycles. The molecule has 2 rings (SSSR count). The molecule has 1 heterocycles. The van der Waals surface area contributed by atoms with E-state index in [9.17, 15) is 4.39 Å². The molecule has 1 unspecified atom stereocenters. The fourth-order valence-electron chi connectivity index (χ4n) is 1.48. The maximum Gasteiger partial charge on any atom is 0.167 e. The van der Waals surface area contributed by atoms with Crippen LogP contribution in [0.2, 0.25) is 0 Å². The molecule has 2 nitrogen and oxygen atoms in total. The van der Waals surface area contributed by atoms with E-state index >= 15 is 0 Å². The van der Waals surface area contributed by atoms with Crippen LogP contribution in [0.5, 0.6) is 0 Å². The Kier molecular flexibility index (Phi) is 2.23. The van der Waals surface area contributed by atoms with Crippen molar-refractivity contribution in [3.63, 3.8) is 0 Å². The monoisotopic (exact) mass is 193 g/mol. The molecule has 0 saturated carbocycles. The second-order valence-corrected chi connectivity index (χ2v) is 3.52. The third-order valence-corrected chi connectivity index (χ3v) is 2.54. The van der Waals surface area contributed by atoms with E-state index in [1.54, 1.807) is 6.07 Å². The predicted molar refractivity (Wildman–Crippen MR) is 52.7 cm³/mol. The SMILES string of the molecule is CCC(C)c1noc2ccc(F)cc12. The van der Waals surface area contributed by atoms with Crippen molar-refractivity contribution in [2.45, 2.75) is 26.2 Å². The molecule has 0 N–H and O–H groups in total. The van der Waals surface area contributed by atoms with E-state index in [-0.39, 0.29) is 5.82 Å². The molecule has 3 heteroatoms. The topological polar surface area (TPSA) is 26.0 Å². The fourth-order valence-corrected chi connectivity index (χ4v) is 1.48. The maximum absolute atomic E-state index is 13.0. The van der Waals surface area contributed by atoms with Crippen LogP contribution in [-0.4, -0.2) is 5.16 Å². The number of hydrogen-bond acceptors (Lipinski definition) is 2. The summed E-state index contributed by atoms with van der Waals surface area (Å²) in [5.41, 5.74) is 1.50. The van der Waals surface area contributed by atoms with Gasteiger partial charge in [-0.05, 0) is 24.6 Å². The number of halogens is 1. The molecule has 1 atom stereocenters. The lowest BCUT2D eigenvalue weighted by Crippen LogP contribution is -1.91. The second kappa shape index (κ2) is 3.40. The molecule has 74 valence electrons. The van der Waals surface area contributed by atoms with Crippen molar-refractivity contribution in [1.29, 1.82) is 0 Å². The van der Waals surface area contributed by atoms with Gasteiger partial charge < -0.3 is 4.52 Å². The fraction of sp³-hybridized carbons (Fsp3) is 0.364. The lowest BCUT2D eigenvalue weighted by Gasteiger charge is -2.02. The molecule has 0 aliphatic rings. The highest BCUT2D eigenvalue weighted by Crippen LogP contribution is 2.27. The highest BCUT2D eigenvalue weighted by molar-refractivity contribution is 5.79. The number of aromatic nitrogens is 1. The highest BCUT2D eigenvalue weighted by Gasteiger charge is 2.13. The summed E-state index contributed by atoms with van der Waals surface area (Å²) in [6, 6.07) is 4.48. The Hall–Kier alpha value is -1.38. The lowest BCUT2D eigenvalue weighted by atomic mass is 10.0. The number of nitrogens with zero attached hydrogens (tertiary/aromatic N) is 1. The van der Waals surface area contributed by atoms with Crippen LogP contribution >= 0.6 is 0 Å². The Morgan fingerprint density at radius 3 is 3.00 bits per heavy atom. The van der Waals surface area contributed by atoms with Crippen LogP contribution in [0.25, 0.3) is 11.0 Å². The summed E-state index contributed by atoms with van der Waals surface area (Å²) in [7, 11) is 0. The normalized spacial score (nSPS) is 13.4. The molecule has 0 spiro atoms. The van der Waals surface area contributed by atoms with Crippen molar-refractivity contribution in [3.05, 3.63) is 29.7 Å². The zero-order chi connectivity index (χ0) is 10.1. The Morgan fingerprint density at radius 1 is 1.50 bits per heavy atom. The largest absolute Gasteiger partial charge is 0.356 e. The lowest BCUT2D eigenvalue weighted by molar-refractivity contribution is 0.438. The van der Waals surface area contributed by atoms with Gasteiger partial charge in [0.15, 0.2) is 5.58 Å². The van der Waals surface area contributed by atoms with Crippen LogP contribution in [0.3, 0.4) is 0 Å². The minimum absolute atomic E-state index is 0.245. The van der Waals surface area contributed by atoms with Crippen LogP contribution in [0.4, 0.5) is 4.39 Å². The molecule has 0 bridgehead atoms. The van der Waals surface area contributed by atoms with Crippen LogP contribution < -0.4 is 0 Å². The van der Waals surface area contributed by atoms with E-state index in [1.165, 1.54) is 12.1 Å². The summed E-state index contributed by atoms with van der Waals surface area (Å²) in [5.74, 6) is 0.0586. The van der Waals surface area contributed by atoms with E-state index in [0.29, 0.717) is 11.5 Å². The van der Waals surface area contributed by atoms with Crippen molar-refractivity contribution in [2.24, 2.45) is 0 Å². The van der Waals surface area contributed by atoms with Crippen LogP contribution in [0, 0.1) is 5.82 Å². The van der Waals surface area contributed by atoms with Gasteiger partial charge in [-0.1, -0.05) is 19.0 Å². The molecule has 1 aromatic heterocycles. The van der Waals surface area contributed by atoms with Crippen molar-refractivity contribution < 1.29 is 8.91 Å². The third kappa shape index (κ3) is 1.39. The average molecular weight is 193 g/mol. The summed E-state index contributed by atoms with van der Waals surface area (Å²) in [6.45, 7) is 4.13. The Bertz CT molecular complexity index is 449. The molecule has 0 radical (unpaired) electrons. The third-order valence-electron chi connectivity index (χ3n) is 2.54. The number of rotatable bonds is 2. The predicted octanol–water partition coefficient (Wildman–Crippen LogP) is 3.48. The first-order valence-corrected chi connectivity index (χ1v) is 4.77. The van der Waals surface area contributed by atoms with Gasteiger partial charge in [0.1, 0.15) is 5.82 Å². The Balaban J connectivity index is 2.61. The van der Waals surface area contributed by atoms with Gasteiger partial charge in [0.05, 0.1) is 5.69 Å². The van der Waals surface area contributed by atoms with Crippen LogP contribution in [-0.2, 0) is 0 Å². The molecule has 0 aliphatic heterocycles. The van der Waals surface area contributed by atoms with Gasteiger partial charge in [-0.2, -0.15) is 0 Å². The summed E-state index contributed by atoms with van der Waals surface area (Å²) in [5, 5.41) is 4.76. The maximum atomic E-state index is 13.0. The van der Waals surface area contributed by atoms with Crippen molar-refractivity contribution in [1.82, 2.24) is 5.16 Å². The second-order valence-electron chi connectivity index (χ2n) is 3.52. The minimum atomic E-state index is -0.245. The van der Waals surface area contributed by atoms with Crippen molar-refractivity contribution >= 4 is 11.0 Å². The smallest absolute Gasteiger partial charge is 0.167 e. The van der Waals surface area contributed by atoms with Crippen molar-refractivity contribution in [2.75, 3.05) is 0 Å². The highest BCUT2D eigenvalue weighted by atomic mass is 19.1. The quantitative estimate of drug-likeness (QED) is 0.729. The summed E-state index contributed by atoms with van der Waals surface area (Å²) >= 11 is 0. The standard InChI is InChI=1S/C11H12FNO/c1-3-7(2)11-9-6-8(12)4-5-10(9)14-13-11/h4-7H,3H2,1-2H3. The van der Waals surface area contributed by atoms with Gasteiger partial charge in [-0.15, -0.1) is 0 Å². The Labute approximate surface area is 81.7 Å². The molecular weight excluding hydrogens is 181 g/mol. The van der Waals surface area contributed by atoms with E-state index in [0.717, 1.165) is 17.5 Å². The molecule has 14 heavy (non-hydrogen) atoms. The zero-order valence-electron chi connectivity index (χ0n) is 8.25. The average Bonchev–Trinajstić information content (AvgIpc) is 2.59. The number of benzene rings is 1. The van der Waals surface area contributed by atoms with Gasteiger partial charge in [-0.3, -0.25) is 0 Å². The van der Waals surface area contributed by atoms with Gasteiger partial charge in [-0.25, -0.2) is 4.39 Å². The summed E-state index contributed by atoms with van der Waals surface area (Å²) in [6.07, 6.45) is 0.970. The van der Waals surface area contributed by atoms with E-state index in [2.05, 4.69) is 19.0 Å². The summed E-state index contributed by atoms with van der Waals surface area (Å²) < 4.78 is 18.1. The summed E-state index contributed by atoms with van der Waals surface area (Å²) in [4.78, 5) is 0. The van der Waals surface area contributed by atoms with Gasteiger partial charge in [0.25, 0.3) is 0 Å². The first-order chi connectivity index (χ1) is 6.72. The van der Waals surface area contributed by atoms with Gasteiger partial charge >= 0.3 is 0 Å². The molecule has 1 aromatic carbocycles. The molecule has 0 amide bonds.